The fourth-order valence-corrected chi connectivity index (χ4v) is 6.02. The van der Waals surface area contributed by atoms with Crippen molar-refractivity contribution < 1.29 is 22.0 Å². The van der Waals surface area contributed by atoms with Crippen LogP contribution in [-0.4, -0.2) is 34.2 Å². The van der Waals surface area contributed by atoms with E-state index in [1.165, 1.54) is 29.7 Å². The van der Waals surface area contributed by atoms with Crippen molar-refractivity contribution in [1.29, 1.82) is 0 Å². The van der Waals surface area contributed by atoms with Crippen LogP contribution >= 0.6 is 27.5 Å². The Hall–Kier alpha value is -2.88. The SMILES string of the molecule is CNC(=O)c1c(-c2ccc(F)cc2)oc2cc(N(CCc3ccc(Br)c(Cl)c3)S(C)(=O)=O)c(C3CC3)cc12. The van der Waals surface area contributed by atoms with Crippen LogP contribution in [0.25, 0.3) is 22.3 Å². The van der Waals surface area contributed by atoms with Crippen molar-refractivity contribution in [2.75, 3.05) is 24.2 Å². The highest BCUT2D eigenvalue weighted by atomic mass is 79.9. The van der Waals surface area contributed by atoms with Crippen LogP contribution in [0, 0.1) is 5.82 Å². The molecule has 1 N–H and O–H groups in total. The summed E-state index contributed by atoms with van der Waals surface area (Å²) in [5.41, 5.74) is 3.55. The number of anilines is 1. The maximum absolute atomic E-state index is 13.6. The van der Waals surface area contributed by atoms with E-state index in [1.54, 1.807) is 18.2 Å². The van der Waals surface area contributed by atoms with Gasteiger partial charge in [0, 0.05) is 35.1 Å². The molecule has 38 heavy (non-hydrogen) atoms. The van der Waals surface area contributed by atoms with Gasteiger partial charge in [-0.2, -0.15) is 0 Å². The Morgan fingerprint density at radius 1 is 1.16 bits per heavy atom. The van der Waals surface area contributed by atoms with Crippen molar-refractivity contribution in [3.63, 3.8) is 0 Å². The molecule has 6 nitrogen and oxygen atoms in total. The summed E-state index contributed by atoms with van der Waals surface area (Å²) < 4.78 is 48.0. The molecule has 1 aliphatic rings. The molecule has 0 spiro atoms. The molecule has 1 aromatic heterocycles. The fraction of sp³-hybridized carbons (Fsp3) is 0.250. The van der Waals surface area contributed by atoms with Crippen molar-refractivity contribution in [3.05, 3.63) is 86.6 Å². The Morgan fingerprint density at radius 2 is 1.87 bits per heavy atom. The van der Waals surface area contributed by atoms with Crippen LogP contribution in [0.15, 0.2) is 63.5 Å². The molecule has 1 aliphatic carbocycles. The monoisotopic (exact) mass is 618 g/mol. The molecule has 0 radical (unpaired) electrons. The minimum absolute atomic E-state index is 0.183. The summed E-state index contributed by atoms with van der Waals surface area (Å²) in [6.45, 7) is 0.204. The summed E-state index contributed by atoms with van der Waals surface area (Å²) in [7, 11) is -2.12. The molecule has 4 aromatic rings. The lowest BCUT2D eigenvalue weighted by Gasteiger charge is -2.25. The van der Waals surface area contributed by atoms with E-state index in [2.05, 4.69) is 21.2 Å². The molecule has 0 saturated heterocycles. The first-order valence-corrected chi connectivity index (χ1v) is 15.1. The summed E-state index contributed by atoms with van der Waals surface area (Å²) in [5.74, 6) is -0.263. The highest BCUT2D eigenvalue weighted by Crippen LogP contribution is 2.48. The molecule has 0 bridgehead atoms. The van der Waals surface area contributed by atoms with Crippen molar-refractivity contribution in [1.82, 2.24) is 5.32 Å². The van der Waals surface area contributed by atoms with Gasteiger partial charge in [0.05, 0.1) is 22.5 Å². The average molecular weight is 620 g/mol. The van der Waals surface area contributed by atoms with Crippen molar-refractivity contribution in [2.45, 2.75) is 25.2 Å². The highest BCUT2D eigenvalue weighted by Gasteiger charge is 2.33. The van der Waals surface area contributed by atoms with Crippen molar-refractivity contribution in [2.24, 2.45) is 0 Å². The second-order valence-corrected chi connectivity index (χ2v) is 12.6. The molecule has 1 fully saturated rings. The molecule has 3 aromatic carbocycles. The van der Waals surface area contributed by atoms with Gasteiger partial charge in [-0.25, -0.2) is 12.8 Å². The molecule has 0 atom stereocenters. The number of rotatable bonds is 8. The number of nitrogens with zero attached hydrogens (tertiary/aromatic N) is 1. The van der Waals surface area contributed by atoms with Crippen LogP contribution in [-0.2, 0) is 16.4 Å². The normalized spacial score (nSPS) is 13.6. The average Bonchev–Trinajstić information content (AvgIpc) is 3.65. The molecular weight excluding hydrogens is 595 g/mol. The third kappa shape index (κ3) is 5.32. The molecule has 1 heterocycles. The standard InChI is InChI=1S/C28H25BrClFN2O4S/c1-32-28(34)26-21-14-20(17-4-5-17)24(15-25(21)37-27(26)18-6-8-19(31)9-7-18)33(38(2,35)36)12-11-16-3-10-22(29)23(30)13-16/h3,6-10,13-15,17H,4-5,11-12H2,1-2H3,(H,32,34). The highest BCUT2D eigenvalue weighted by molar-refractivity contribution is 9.10. The minimum atomic E-state index is -3.66. The molecule has 0 aliphatic heterocycles. The first-order valence-electron chi connectivity index (χ1n) is 12.1. The van der Waals surface area contributed by atoms with Gasteiger partial charge in [0.25, 0.3) is 5.91 Å². The van der Waals surface area contributed by atoms with E-state index in [1.807, 2.05) is 24.3 Å². The smallest absolute Gasteiger partial charge is 0.255 e. The number of sulfonamides is 1. The van der Waals surface area contributed by atoms with E-state index in [4.69, 9.17) is 16.0 Å². The van der Waals surface area contributed by atoms with Gasteiger partial charge in [0.15, 0.2) is 0 Å². The third-order valence-corrected chi connectivity index (χ3v) is 9.08. The van der Waals surface area contributed by atoms with Gasteiger partial charge in [-0.15, -0.1) is 0 Å². The largest absolute Gasteiger partial charge is 0.455 e. The zero-order valence-corrected chi connectivity index (χ0v) is 23.9. The number of halogens is 3. The van der Waals surface area contributed by atoms with Gasteiger partial charge >= 0.3 is 0 Å². The molecule has 0 unspecified atom stereocenters. The maximum atomic E-state index is 13.6. The first kappa shape index (κ1) is 26.7. The van der Waals surface area contributed by atoms with Crippen LogP contribution in [0.3, 0.4) is 0 Å². The van der Waals surface area contributed by atoms with Crippen LogP contribution < -0.4 is 9.62 Å². The van der Waals surface area contributed by atoms with E-state index in [0.717, 1.165) is 28.4 Å². The van der Waals surface area contributed by atoms with Crippen LogP contribution in [0.2, 0.25) is 5.02 Å². The Kier molecular flexibility index (Phi) is 7.28. The fourth-order valence-electron chi connectivity index (χ4n) is 4.63. The second-order valence-electron chi connectivity index (χ2n) is 9.41. The number of carbonyl (C=O) groups excluding carboxylic acids is 1. The zero-order valence-electron chi connectivity index (χ0n) is 20.7. The topological polar surface area (TPSA) is 79.6 Å². The summed E-state index contributed by atoms with van der Waals surface area (Å²) in [5, 5.41) is 3.80. The van der Waals surface area contributed by atoms with Gasteiger partial charge in [-0.1, -0.05) is 17.7 Å². The minimum Gasteiger partial charge on any atom is -0.455 e. The Labute approximate surface area is 234 Å². The van der Waals surface area contributed by atoms with Crippen molar-refractivity contribution >= 4 is 60.1 Å². The molecular formula is C28H25BrClFN2O4S. The van der Waals surface area contributed by atoms with Gasteiger partial charge in [-0.05, 0) is 94.7 Å². The van der Waals surface area contributed by atoms with Crippen molar-refractivity contribution in [3.8, 4) is 11.3 Å². The zero-order chi connectivity index (χ0) is 27.2. The molecule has 198 valence electrons. The number of benzene rings is 3. The lowest BCUT2D eigenvalue weighted by atomic mass is 10.00. The van der Waals surface area contributed by atoms with E-state index in [9.17, 15) is 17.6 Å². The number of hydrogen-bond acceptors (Lipinski definition) is 4. The predicted octanol–water partition coefficient (Wildman–Crippen LogP) is 6.90. The van der Waals surface area contributed by atoms with Crippen LogP contribution in [0.4, 0.5) is 10.1 Å². The predicted molar refractivity (Wildman–Crippen MR) is 152 cm³/mol. The van der Waals surface area contributed by atoms with E-state index in [0.29, 0.717) is 45.0 Å². The Morgan fingerprint density at radius 3 is 2.47 bits per heavy atom. The number of carbonyl (C=O) groups is 1. The Bertz CT molecular complexity index is 1650. The molecule has 1 saturated carbocycles. The first-order chi connectivity index (χ1) is 18.1. The maximum Gasteiger partial charge on any atom is 0.255 e. The second kappa shape index (κ2) is 10.4. The van der Waals surface area contributed by atoms with Gasteiger partial charge in [0.1, 0.15) is 17.2 Å². The van der Waals surface area contributed by atoms with E-state index in [-0.39, 0.29) is 18.4 Å². The lowest BCUT2D eigenvalue weighted by Crippen LogP contribution is -2.32. The summed E-state index contributed by atoms with van der Waals surface area (Å²) in [6, 6.07) is 14.8. The van der Waals surface area contributed by atoms with Crippen LogP contribution in [0.1, 0.15) is 40.2 Å². The Balaban J connectivity index is 1.65. The van der Waals surface area contributed by atoms with E-state index < -0.39 is 15.8 Å². The third-order valence-electron chi connectivity index (χ3n) is 6.67. The number of nitrogens with one attached hydrogen (secondary N) is 1. The number of fused-ring (bicyclic) bond motifs is 1. The number of hydrogen-bond donors (Lipinski definition) is 1. The van der Waals surface area contributed by atoms with Crippen LogP contribution in [0.5, 0.6) is 0 Å². The quantitative estimate of drug-likeness (QED) is 0.233. The van der Waals surface area contributed by atoms with Gasteiger partial charge < -0.3 is 9.73 Å². The summed E-state index contributed by atoms with van der Waals surface area (Å²) in [4.78, 5) is 13.0. The number of furan rings is 1. The summed E-state index contributed by atoms with van der Waals surface area (Å²) >= 11 is 9.63. The molecule has 10 heteroatoms. The van der Waals surface area contributed by atoms with Gasteiger partial charge in [0.2, 0.25) is 10.0 Å². The van der Waals surface area contributed by atoms with Gasteiger partial charge in [-0.3, -0.25) is 9.10 Å². The number of amides is 1. The molecule has 1 amide bonds. The lowest BCUT2D eigenvalue weighted by molar-refractivity contribution is 0.0964. The summed E-state index contributed by atoms with van der Waals surface area (Å²) in [6.07, 6.45) is 3.49. The molecule has 5 rings (SSSR count). The van der Waals surface area contributed by atoms with E-state index >= 15 is 0 Å².